The van der Waals surface area contributed by atoms with Crippen molar-refractivity contribution in [3.8, 4) is 0 Å². The molecular formula is C15H25FN2. The van der Waals surface area contributed by atoms with Gasteiger partial charge in [-0.05, 0) is 50.6 Å². The Morgan fingerprint density at radius 2 is 1.72 bits per heavy atom. The van der Waals surface area contributed by atoms with Crippen molar-refractivity contribution in [1.82, 2.24) is 5.32 Å². The van der Waals surface area contributed by atoms with Gasteiger partial charge in [0.15, 0.2) is 0 Å². The summed E-state index contributed by atoms with van der Waals surface area (Å²) in [5, 5.41) is 3.46. The first-order chi connectivity index (χ1) is 8.54. The molecule has 0 bridgehead atoms. The highest BCUT2D eigenvalue weighted by Gasteiger charge is 2.12. The lowest BCUT2D eigenvalue weighted by molar-refractivity contribution is 0.510. The minimum atomic E-state index is -0.180. The van der Waals surface area contributed by atoms with Crippen LogP contribution in [0.25, 0.3) is 0 Å². The standard InChI is InChI=1S/C15H25FN2/c1-5-18(13(4)11-17-10-12(2)3)15-8-6-14(16)7-9-15/h6-9,12-13,17H,5,10-11H2,1-4H3. The summed E-state index contributed by atoms with van der Waals surface area (Å²) in [7, 11) is 0. The van der Waals surface area contributed by atoms with Gasteiger partial charge in [0.05, 0.1) is 0 Å². The third-order valence-electron chi connectivity index (χ3n) is 3.02. The van der Waals surface area contributed by atoms with Crippen LogP contribution in [0.2, 0.25) is 0 Å². The third kappa shape index (κ3) is 4.65. The third-order valence-corrected chi connectivity index (χ3v) is 3.02. The van der Waals surface area contributed by atoms with Gasteiger partial charge < -0.3 is 10.2 Å². The Bertz CT molecular complexity index is 335. The second kappa shape index (κ2) is 7.37. The van der Waals surface area contributed by atoms with Crippen LogP contribution in [-0.2, 0) is 0 Å². The average molecular weight is 252 g/mol. The molecule has 3 heteroatoms. The lowest BCUT2D eigenvalue weighted by atomic mass is 10.2. The van der Waals surface area contributed by atoms with E-state index in [2.05, 4.69) is 37.9 Å². The Hall–Kier alpha value is -1.09. The van der Waals surface area contributed by atoms with Crippen LogP contribution in [0.5, 0.6) is 0 Å². The summed E-state index contributed by atoms with van der Waals surface area (Å²) in [6, 6.07) is 7.13. The molecule has 18 heavy (non-hydrogen) atoms. The van der Waals surface area contributed by atoms with Gasteiger partial charge in [0, 0.05) is 24.8 Å². The average Bonchev–Trinajstić information content (AvgIpc) is 2.32. The van der Waals surface area contributed by atoms with E-state index in [9.17, 15) is 4.39 Å². The highest BCUT2D eigenvalue weighted by Crippen LogP contribution is 2.17. The normalized spacial score (nSPS) is 12.8. The van der Waals surface area contributed by atoms with Crippen LogP contribution < -0.4 is 10.2 Å². The second-order valence-electron chi connectivity index (χ2n) is 5.16. The number of hydrogen-bond acceptors (Lipinski definition) is 2. The van der Waals surface area contributed by atoms with Gasteiger partial charge in [-0.1, -0.05) is 13.8 Å². The Balaban J connectivity index is 2.56. The van der Waals surface area contributed by atoms with Gasteiger partial charge in [0.2, 0.25) is 0 Å². The molecule has 1 aromatic carbocycles. The van der Waals surface area contributed by atoms with Crippen LogP contribution in [0.15, 0.2) is 24.3 Å². The lowest BCUT2D eigenvalue weighted by Gasteiger charge is -2.30. The predicted molar refractivity (Wildman–Crippen MR) is 76.6 cm³/mol. The van der Waals surface area contributed by atoms with Gasteiger partial charge >= 0.3 is 0 Å². The monoisotopic (exact) mass is 252 g/mol. The van der Waals surface area contributed by atoms with E-state index >= 15 is 0 Å². The molecule has 0 saturated carbocycles. The number of rotatable bonds is 7. The zero-order valence-electron chi connectivity index (χ0n) is 11.9. The van der Waals surface area contributed by atoms with E-state index in [1.54, 1.807) is 0 Å². The van der Waals surface area contributed by atoms with Crippen molar-refractivity contribution in [2.45, 2.75) is 33.7 Å². The van der Waals surface area contributed by atoms with Crippen molar-refractivity contribution >= 4 is 5.69 Å². The van der Waals surface area contributed by atoms with Crippen LogP contribution in [-0.4, -0.2) is 25.7 Å². The minimum Gasteiger partial charge on any atom is -0.368 e. The number of halogens is 1. The zero-order valence-corrected chi connectivity index (χ0v) is 11.9. The molecule has 0 heterocycles. The Morgan fingerprint density at radius 1 is 1.11 bits per heavy atom. The van der Waals surface area contributed by atoms with Crippen molar-refractivity contribution in [3.63, 3.8) is 0 Å². The Morgan fingerprint density at radius 3 is 2.22 bits per heavy atom. The van der Waals surface area contributed by atoms with Crippen LogP contribution in [0.1, 0.15) is 27.7 Å². The molecule has 1 aromatic rings. The highest BCUT2D eigenvalue weighted by atomic mass is 19.1. The zero-order chi connectivity index (χ0) is 13.5. The summed E-state index contributed by atoms with van der Waals surface area (Å²) in [4.78, 5) is 2.28. The maximum atomic E-state index is 12.9. The SMILES string of the molecule is CCN(c1ccc(F)cc1)C(C)CNCC(C)C. The molecule has 0 aliphatic rings. The van der Waals surface area contributed by atoms with Gasteiger partial charge in [-0.15, -0.1) is 0 Å². The molecule has 0 aliphatic carbocycles. The quantitative estimate of drug-likeness (QED) is 0.801. The van der Waals surface area contributed by atoms with Gasteiger partial charge in [-0.25, -0.2) is 4.39 Å². The van der Waals surface area contributed by atoms with Crippen LogP contribution >= 0.6 is 0 Å². The molecule has 0 radical (unpaired) electrons. The maximum Gasteiger partial charge on any atom is 0.123 e. The van der Waals surface area contributed by atoms with Crippen molar-refractivity contribution in [2.75, 3.05) is 24.5 Å². The first-order valence-electron chi connectivity index (χ1n) is 6.77. The van der Waals surface area contributed by atoms with Gasteiger partial charge in [0.25, 0.3) is 0 Å². The number of nitrogens with one attached hydrogen (secondary N) is 1. The number of hydrogen-bond donors (Lipinski definition) is 1. The highest BCUT2D eigenvalue weighted by molar-refractivity contribution is 5.47. The second-order valence-corrected chi connectivity index (χ2v) is 5.16. The predicted octanol–water partition coefficient (Wildman–Crippen LogP) is 3.29. The van der Waals surface area contributed by atoms with Crippen LogP contribution in [0.4, 0.5) is 10.1 Å². The topological polar surface area (TPSA) is 15.3 Å². The number of likely N-dealkylation sites (N-methyl/N-ethyl adjacent to an activating group) is 1. The number of nitrogens with zero attached hydrogens (tertiary/aromatic N) is 1. The van der Waals surface area contributed by atoms with Crippen molar-refractivity contribution in [3.05, 3.63) is 30.1 Å². The molecule has 2 nitrogen and oxygen atoms in total. The molecule has 1 atom stereocenters. The molecule has 102 valence electrons. The van der Waals surface area contributed by atoms with E-state index < -0.39 is 0 Å². The van der Waals surface area contributed by atoms with E-state index in [-0.39, 0.29) is 5.82 Å². The fourth-order valence-corrected chi connectivity index (χ4v) is 2.07. The fraction of sp³-hybridized carbons (Fsp3) is 0.600. The molecule has 0 saturated heterocycles. The largest absolute Gasteiger partial charge is 0.368 e. The fourth-order valence-electron chi connectivity index (χ4n) is 2.07. The summed E-state index contributed by atoms with van der Waals surface area (Å²) < 4.78 is 12.9. The number of anilines is 1. The molecule has 1 N–H and O–H groups in total. The lowest BCUT2D eigenvalue weighted by Crippen LogP contribution is -2.41. The molecular weight excluding hydrogens is 227 g/mol. The van der Waals surface area contributed by atoms with E-state index in [0.29, 0.717) is 12.0 Å². The maximum absolute atomic E-state index is 12.9. The van der Waals surface area contributed by atoms with Crippen molar-refractivity contribution < 1.29 is 4.39 Å². The molecule has 1 unspecified atom stereocenters. The summed E-state index contributed by atoms with van der Waals surface area (Å²) in [6.45, 7) is 11.6. The van der Waals surface area contributed by atoms with E-state index in [1.807, 2.05) is 12.1 Å². The van der Waals surface area contributed by atoms with E-state index in [1.165, 1.54) is 12.1 Å². The molecule has 0 amide bonds. The molecule has 0 aliphatic heterocycles. The summed E-state index contributed by atoms with van der Waals surface area (Å²) >= 11 is 0. The van der Waals surface area contributed by atoms with Gasteiger partial charge in [0.1, 0.15) is 5.82 Å². The Kier molecular flexibility index (Phi) is 6.13. The summed E-state index contributed by atoms with van der Waals surface area (Å²) in [5.74, 6) is 0.485. The first kappa shape index (κ1) is 15.0. The summed E-state index contributed by atoms with van der Waals surface area (Å²) in [5.41, 5.74) is 1.08. The number of benzene rings is 1. The van der Waals surface area contributed by atoms with Crippen molar-refractivity contribution in [1.29, 1.82) is 0 Å². The van der Waals surface area contributed by atoms with Gasteiger partial charge in [-0.2, -0.15) is 0 Å². The summed E-state index contributed by atoms with van der Waals surface area (Å²) in [6.07, 6.45) is 0. The van der Waals surface area contributed by atoms with Crippen LogP contribution in [0, 0.1) is 11.7 Å². The van der Waals surface area contributed by atoms with E-state index in [0.717, 1.165) is 25.3 Å². The first-order valence-corrected chi connectivity index (χ1v) is 6.77. The molecule has 0 aromatic heterocycles. The van der Waals surface area contributed by atoms with E-state index in [4.69, 9.17) is 0 Å². The Labute approximate surface area is 110 Å². The van der Waals surface area contributed by atoms with Crippen LogP contribution in [0.3, 0.4) is 0 Å². The molecule has 0 spiro atoms. The van der Waals surface area contributed by atoms with Gasteiger partial charge in [-0.3, -0.25) is 0 Å². The molecule has 1 rings (SSSR count). The van der Waals surface area contributed by atoms with Crippen molar-refractivity contribution in [2.24, 2.45) is 5.92 Å². The smallest absolute Gasteiger partial charge is 0.123 e. The molecule has 0 fully saturated rings. The minimum absolute atomic E-state index is 0.180.